The molecule has 0 bridgehead atoms. The fraction of sp³-hybridized carbons (Fsp3) is 0.0870. The molecule has 0 amide bonds. The van der Waals surface area contributed by atoms with E-state index in [2.05, 4.69) is 10.2 Å². The molecule has 0 spiro atoms. The number of hydrogen-bond acceptors (Lipinski definition) is 5. The summed E-state index contributed by atoms with van der Waals surface area (Å²) >= 11 is 0. The standard InChI is InChI=1S/C23H18N2O3/c1-16(17-9-4-2-5-10-17)27-23(26)20-14-8-13-19(15-20)22-25-24-21(28-22)18-11-6-3-7-12-18/h2-16H,1H3. The summed E-state index contributed by atoms with van der Waals surface area (Å²) < 4.78 is 11.3. The molecule has 0 aliphatic carbocycles. The predicted molar refractivity (Wildman–Crippen MR) is 105 cm³/mol. The van der Waals surface area contributed by atoms with Crippen LogP contribution in [0.2, 0.25) is 0 Å². The van der Waals surface area contributed by atoms with Gasteiger partial charge < -0.3 is 9.15 Å². The second-order valence-corrected chi connectivity index (χ2v) is 6.32. The summed E-state index contributed by atoms with van der Waals surface area (Å²) in [6, 6.07) is 26.1. The van der Waals surface area contributed by atoms with Crippen molar-refractivity contribution in [1.29, 1.82) is 0 Å². The Morgan fingerprint density at radius 1 is 0.821 bits per heavy atom. The minimum Gasteiger partial charge on any atom is -0.454 e. The van der Waals surface area contributed by atoms with E-state index in [0.717, 1.165) is 11.1 Å². The van der Waals surface area contributed by atoms with E-state index < -0.39 is 5.97 Å². The first-order valence-electron chi connectivity index (χ1n) is 8.96. The van der Waals surface area contributed by atoms with Gasteiger partial charge in [-0.15, -0.1) is 10.2 Å². The Morgan fingerprint density at radius 2 is 1.43 bits per heavy atom. The van der Waals surface area contributed by atoms with Crippen molar-refractivity contribution in [2.45, 2.75) is 13.0 Å². The molecule has 5 nitrogen and oxygen atoms in total. The molecule has 1 heterocycles. The first kappa shape index (κ1) is 17.7. The van der Waals surface area contributed by atoms with Crippen molar-refractivity contribution < 1.29 is 13.9 Å². The van der Waals surface area contributed by atoms with Crippen molar-refractivity contribution in [3.05, 3.63) is 96.1 Å². The topological polar surface area (TPSA) is 65.2 Å². The molecule has 0 aliphatic heterocycles. The van der Waals surface area contributed by atoms with Gasteiger partial charge in [-0.05, 0) is 42.8 Å². The third kappa shape index (κ3) is 3.83. The Morgan fingerprint density at radius 3 is 2.14 bits per heavy atom. The number of nitrogens with zero attached hydrogens (tertiary/aromatic N) is 2. The molecular weight excluding hydrogens is 352 g/mol. The van der Waals surface area contributed by atoms with Crippen LogP contribution in [0.1, 0.15) is 28.9 Å². The van der Waals surface area contributed by atoms with Crippen LogP contribution in [-0.4, -0.2) is 16.2 Å². The van der Waals surface area contributed by atoms with Crippen molar-refractivity contribution in [2.24, 2.45) is 0 Å². The highest BCUT2D eigenvalue weighted by Crippen LogP contribution is 2.25. The highest BCUT2D eigenvalue weighted by Gasteiger charge is 2.16. The zero-order valence-corrected chi connectivity index (χ0v) is 15.3. The van der Waals surface area contributed by atoms with Crippen molar-refractivity contribution >= 4 is 5.97 Å². The Bertz CT molecular complexity index is 1080. The average Bonchev–Trinajstić information content (AvgIpc) is 3.25. The van der Waals surface area contributed by atoms with Crippen LogP contribution < -0.4 is 0 Å². The molecule has 3 aromatic carbocycles. The largest absolute Gasteiger partial charge is 0.454 e. The summed E-state index contributed by atoms with van der Waals surface area (Å²) in [7, 11) is 0. The fourth-order valence-electron chi connectivity index (χ4n) is 2.84. The van der Waals surface area contributed by atoms with E-state index in [1.165, 1.54) is 0 Å². The number of carbonyl (C=O) groups excluding carboxylic acids is 1. The number of ether oxygens (including phenoxy) is 1. The molecule has 138 valence electrons. The molecule has 0 N–H and O–H groups in total. The second-order valence-electron chi connectivity index (χ2n) is 6.32. The zero-order chi connectivity index (χ0) is 19.3. The smallest absolute Gasteiger partial charge is 0.338 e. The van der Waals surface area contributed by atoms with Gasteiger partial charge in [0.25, 0.3) is 0 Å². The van der Waals surface area contributed by atoms with E-state index in [9.17, 15) is 4.79 Å². The summed E-state index contributed by atoms with van der Waals surface area (Å²) in [5, 5.41) is 8.20. The van der Waals surface area contributed by atoms with Gasteiger partial charge in [0.05, 0.1) is 5.56 Å². The van der Waals surface area contributed by atoms with E-state index >= 15 is 0 Å². The van der Waals surface area contributed by atoms with Gasteiger partial charge in [0.1, 0.15) is 6.10 Å². The highest BCUT2D eigenvalue weighted by atomic mass is 16.5. The molecule has 0 radical (unpaired) electrons. The van der Waals surface area contributed by atoms with E-state index in [-0.39, 0.29) is 6.10 Å². The molecule has 1 unspecified atom stereocenters. The Labute approximate surface area is 162 Å². The normalized spacial score (nSPS) is 11.8. The molecule has 4 aromatic rings. The van der Waals surface area contributed by atoms with Crippen LogP contribution in [0.3, 0.4) is 0 Å². The number of benzene rings is 3. The molecule has 0 saturated carbocycles. The van der Waals surface area contributed by atoms with Gasteiger partial charge in [0, 0.05) is 11.1 Å². The third-order valence-corrected chi connectivity index (χ3v) is 4.34. The minimum atomic E-state index is -0.402. The predicted octanol–water partition coefficient (Wildman–Crippen LogP) is 5.32. The molecule has 0 saturated heterocycles. The lowest BCUT2D eigenvalue weighted by molar-refractivity contribution is 0.0338. The highest BCUT2D eigenvalue weighted by molar-refractivity contribution is 5.90. The summed E-state index contributed by atoms with van der Waals surface area (Å²) in [4.78, 5) is 12.5. The molecule has 0 fully saturated rings. The first-order valence-corrected chi connectivity index (χ1v) is 8.96. The quantitative estimate of drug-likeness (QED) is 0.445. The fourth-order valence-corrected chi connectivity index (χ4v) is 2.84. The number of esters is 1. The maximum Gasteiger partial charge on any atom is 0.338 e. The number of hydrogen-bond donors (Lipinski definition) is 0. The van der Waals surface area contributed by atoms with E-state index in [1.54, 1.807) is 18.2 Å². The Balaban J connectivity index is 1.53. The van der Waals surface area contributed by atoms with E-state index in [1.807, 2.05) is 73.7 Å². The lowest BCUT2D eigenvalue weighted by Crippen LogP contribution is -2.09. The second kappa shape index (κ2) is 7.88. The lowest BCUT2D eigenvalue weighted by Gasteiger charge is -2.13. The van der Waals surface area contributed by atoms with Gasteiger partial charge in [-0.1, -0.05) is 54.6 Å². The molecule has 1 aromatic heterocycles. The van der Waals surface area contributed by atoms with Gasteiger partial charge in [0.2, 0.25) is 11.8 Å². The Kier molecular flexibility index (Phi) is 4.97. The van der Waals surface area contributed by atoms with Crippen LogP contribution in [0, 0.1) is 0 Å². The van der Waals surface area contributed by atoms with Crippen LogP contribution in [0.4, 0.5) is 0 Å². The summed E-state index contributed by atoms with van der Waals surface area (Å²) in [5.41, 5.74) is 2.88. The molecule has 5 heteroatoms. The number of rotatable bonds is 5. The van der Waals surface area contributed by atoms with Crippen LogP contribution in [-0.2, 0) is 4.74 Å². The van der Waals surface area contributed by atoms with Gasteiger partial charge in [-0.25, -0.2) is 4.79 Å². The van der Waals surface area contributed by atoms with Crippen molar-refractivity contribution in [3.63, 3.8) is 0 Å². The maximum absolute atomic E-state index is 12.5. The van der Waals surface area contributed by atoms with Gasteiger partial charge in [0.15, 0.2) is 0 Å². The summed E-state index contributed by atoms with van der Waals surface area (Å²) in [5.74, 6) is 0.381. The third-order valence-electron chi connectivity index (χ3n) is 4.34. The van der Waals surface area contributed by atoms with Crippen molar-refractivity contribution in [2.75, 3.05) is 0 Å². The van der Waals surface area contributed by atoms with Crippen LogP contribution >= 0.6 is 0 Å². The number of carbonyl (C=O) groups is 1. The Hall–Kier alpha value is -3.73. The van der Waals surface area contributed by atoms with Gasteiger partial charge in [-0.3, -0.25) is 0 Å². The lowest BCUT2D eigenvalue weighted by atomic mass is 10.1. The van der Waals surface area contributed by atoms with Crippen molar-refractivity contribution in [1.82, 2.24) is 10.2 Å². The van der Waals surface area contributed by atoms with Crippen molar-refractivity contribution in [3.8, 4) is 22.9 Å². The number of aromatic nitrogens is 2. The maximum atomic E-state index is 12.5. The monoisotopic (exact) mass is 370 g/mol. The SMILES string of the molecule is CC(OC(=O)c1cccc(-c2nnc(-c3ccccc3)o2)c1)c1ccccc1. The molecule has 1 atom stereocenters. The van der Waals surface area contributed by atoms with Crippen LogP contribution in [0.5, 0.6) is 0 Å². The van der Waals surface area contributed by atoms with E-state index in [4.69, 9.17) is 9.15 Å². The minimum absolute atomic E-state index is 0.342. The van der Waals surface area contributed by atoms with Gasteiger partial charge >= 0.3 is 5.97 Å². The zero-order valence-electron chi connectivity index (χ0n) is 15.3. The van der Waals surface area contributed by atoms with Crippen LogP contribution in [0.15, 0.2) is 89.3 Å². The first-order chi connectivity index (χ1) is 13.7. The average molecular weight is 370 g/mol. The molecular formula is C23H18N2O3. The van der Waals surface area contributed by atoms with Gasteiger partial charge in [-0.2, -0.15) is 0 Å². The molecule has 4 rings (SSSR count). The summed E-state index contributed by atoms with van der Waals surface area (Å²) in [6.07, 6.45) is -0.342. The molecule has 0 aliphatic rings. The van der Waals surface area contributed by atoms with Crippen LogP contribution in [0.25, 0.3) is 22.9 Å². The molecule has 28 heavy (non-hydrogen) atoms. The summed E-state index contributed by atoms with van der Waals surface area (Å²) in [6.45, 7) is 1.85. The van der Waals surface area contributed by atoms with E-state index in [0.29, 0.717) is 22.9 Å².